The molecule has 0 aromatic heterocycles. The van der Waals surface area contributed by atoms with Gasteiger partial charge in [0.15, 0.2) is 0 Å². The van der Waals surface area contributed by atoms with Crippen LogP contribution in [0.3, 0.4) is 0 Å². The molecular weight excluding hydrogens is 276 g/mol. The maximum absolute atomic E-state index is 2.43. The van der Waals surface area contributed by atoms with Crippen molar-refractivity contribution in [1.82, 2.24) is 0 Å². The van der Waals surface area contributed by atoms with Crippen LogP contribution in [0.4, 0.5) is 0 Å². The quantitative estimate of drug-likeness (QED) is 0.323. The molecule has 0 saturated heterocycles. The highest BCUT2D eigenvalue weighted by molar-refractivity contribution is 5.94. The van der Waals surface area contributed by atoms with Crippen molar-refractivity contribution >= 4 is 0 Å². The van der Waals surface area contributed by atoms with E-state index in [2.05, 4.69) is 81.4 Å². The minimum atomic E-state index is 0.163. The molecule has 0 unspecified atom stereocenters. The summed E-state index contributed by atoms with van der Waals surface area (Å²) in [7, 11) is 0. The van der Waals surface area contributed by atoms with Gasteiger partial charge in [-0.05, 0) is 49.9 Å². The summed E-state index contributed by atoms with van der Waals surface area (Å²) >= 11 is 0. The van der Waals surface area contributed by atoms with Crippen LogP contribution < -0.4 is 0 Å². The van der Waals surface area contributed by atoms with Crippen molar-refractivity contribution in [2.24, 2.45) is 0 Å². The molecule has 0 fully saturated rings. The summed E-state index contributed by atoms with van der Waals surface area (Å²) in [5.74, 6) is 0.432. The Morgan fingerprint density at radius 3 is 1.61 bits per heavy atom. The Kier molecular flexibility index (Phi) is 2.36. The van der Waals surface area contributed by atoms with Crippen molar-refractivity contribution in [1.29, 1.82) is 0 Å². The van der Waals surface area contributed by atoms with Gasteiger partial charge >= 0.3 is 0 Å². The van der Waals surface area contributed by atoms with Crippen LogP contribution in [-0.4, -0.2) is 0 Å². The van der Waals surface area contributed by atoms with Crippen LogP contribution in [0.15, 0.2) is 60.7 Å². The average Bonchev–Trinajstić information content (AvgIpc) is 3.05. The lowest BCUT2D eigenvalue weighted by Gasteiger charge is -2.21. The van der Waals surface area contributed by atoms with Gasteiger partial charge in [-0.15, -0.1) is 0 Å². The van der Waals surface area contributed by atoms with Crippen molar-refractivity contribution in [2.45, 2.75) is 32.1 Å². The van der Waals surface area contributed by atoms with Crippen molar-refractivity contribution in [3.63, 3.8) is 0 Å². The Hall–Kier alpha value is -2.34. The number of fused-ring (bicyclic) bond motifs is 6. The summed E-state index contributed by atoms with van der Waals surface area (Å²) in [4.78, 5) is 0. The minimum absolute atomic E-state index is 0.163. The molecule has 0 amide bonds. The van der Waals surface area contributed by atoms with Crippen molar-refractivity contribution in [3.8, 4) is 22.3 Å². The summed E-state index contributed by atoms with van der Waals surface area (Å²) in [6.07, 6.45) is 0. The monoisotopic (exact) mass is 296 g/mol. The molecule has 5 rings (SSSR count). The first-order chi connectivity index (χ1) is 11.1. The summed E-state index contributed by atoms with van der Waals surface area (Å²) in [6.45, 7) is 6.92. The Balaban J connectivity index is 1.93. The van der Waals surface area contributed by atoms with E-state index in [1.54, 1.807) is 0 Å². The molecule has 0 radical (unpaired) electrons. The molecule has 0 nitrogen and oxygen atoms in total. The van der Waals surface area contributed by atoms with Gasteiger partial charge in [0, 0.05) is 5.92 Å². The Morgan fingerprint density at radius 2 is 1.13 bits per heavy atom. The molecule has 23 heavy (non-hydrogen) atoms. The van der Waals surface area contributed by atoms with Gasteiger partial charge in [0.25, 0.3) is 0 Å². The van der Waals surface area contributed by atoms with E-state index < -0.39 is 0 Å². The predicted octanol–water partition coefficient (Wildman–Crippen LogP) is 6.13. The van der Waals surface area contributed by atoms with E-state index in [9.17, 15) is 0 Å². The van der Waals surface area contributed by atoms with Gasteiger partial charge in [0.1, 0.15) is 0 Å². The fraction of sp³-hybridized carbons (Fsp3) is 0.217. The van der Waals surface area contributed by atoms with E-state index in [1.807, 2.05) is 0 Å². The molecule has 112 valence electrons. The van der Waals surface area contributed by atoms with Gasteiger partial charge in [0.05, 0.1) is 0 Å². The van der Waals surface area contributed by atoms with Crippen LogP contribution in [0.5, 0.6) is 0 Å². The van der Waals surface area contributed by atoms with Gasteiger partial charge in [-0.2, -0.15) is 0 Å². The summed E-state index contributed by atoms with van der Waals surface area (Å²) < 4.78 is 0. The first-order valence-corrected chi connectivity index (χ1v) is 8.43. The van der Waals surface area contributed by atoms with Crippen LogP contribution in [0.25, 0.3) is 22.3 Å². The second kappa shape index (κ2) is 4.14. The SMILES string of the molecule is CC(C)(C)c1cc2c3c(c1)-c1ccccc1C3c1ccccc1-2. The maximum Gasteiger partial charge on any atom is 0.0364 e. The molecule has 0 aliphatic heterocycles. The van der Waals surface area contributed by atoms with Gasteiger partial charge in [0.2, 0.25) is 0 Å². The van der Waals surface area contributed by atoms with Crippen molar-refractivity contribution in [2.75, 3.05) is 0 Å². The molecule has 0 saturated carbocycles. The molecule has 2 aliphatic rings. The molecule has 0 bridgehead atoms. The third-order valence-electron chi connectivity index (χ3n) is 5.46. The molecule has 0 N–H and O–H groups in total. The lowest BCUT2D eigenvalue weighted by Crippen LogP contribution is -2.11. The molecule has 0 atom stereocenters. The fourth-order valence-electron chi connectivity index (χ4n) is 4.31. The molecule has 2 aliphatic carbocycles. The van der Waals surface area contributed by atoms with Crippen LogP contribution in [0.1, 0.15) is 48.9 Å². The molecule has 3 aromatic rings. The Bertz CT molecular complexity index is 885. The zero-order chi connectivity index (χ0) is 15.8. The number of rotatable bonds is 0. The van der Waals surface area contributed by atoms with E-state index in [0.717, 1.165) is 0 Å². The molecule has 0 spiro atoms. The number of benzene rings is 3. The van der Waals surface area contributed by atoms with Crippen molar-refractivity contribution in [3.05, 3.63) is 82.9 Å². The van der Waals surface area contributed by atoms with E-state index in [0.29, 0.717) is 5.92 Å². The molecular formula is C23H20. The second-order valence-corrected chi connectivity index (χ2v) is 7.84. The standard InChI is InChI=1S/C23H20/c1-23(2,3)14-12-19-15-8-4-6-10-17(15)21-18-11-7-5-9-16(18)20(13-14)22(19)21/h4-13,21H,1-3H3. The van der Waals surface area contributed by atoms with Crippen LogP contribution in [0, 0.1) is 0 Å². The smallest absolute Gasteiger partial charge is 0.0364 e. The topological polar surface area (TPSA) is 0 Å². The first-order valence-electron chi connectivity index (χ1n) is 8.43. The van der Waals surface area contributed by atoms with Crippen LogP contribution >= 0.6 is 0 Å². The van der Waals surface area contributed by atoms with Crippen molar-refractivity contribution < 1.29 is 0 Å². The second-order valence-electron chi connectivity index (χ2n) is 7.84. The van der Waals surface area contributed by atoms with E-state index in [4.69, 9.17) is 0 Å². The molecule has 3 aromatic carbocycles. The lowest BCUT2D eigenvalue weighted by molar-refractivity contribution is 0.590. The normalized spacial score (nSPS) is 14.6. The van der Waals surface area contributed by atoms with Crippen LogP contribution in [0.2, 0.25) is 0 Å². The maximum atomic E-state index is 2.43. The summed E-state index contributed by atoms with van der Waals surface area (Å²) in [5.41, 5.74) is 11.8. The Morgan fingerprint density at radius 1 is 0.652 bits per heavy atom. The predicted molar refractivity (Wildman–Crippen MR) is 97.0 cm³/mol. The third-order valence-corrected chi connectivity index (χ3v) is 5.46. The summed E-state index contributed by atoms with van der Waals surface area (Å²) in [5, 5.41) is 0. The molecule has 0 heterocycles. The number of hydrogen-bond donors (Lipinski definition) is 0. The average molecular weight is 296 g/mol. The van der Waals surface area contributed by atoms with Gasteiger partial charge in [-0.3, -0.25) is 0 Å². The van der Waals surface area contributed by atoms with Gasteiger partial charge in [-0.1, -0.05) is 81.4 Å². The van der Waals surface area contributed by atoms with E-state index >= 15 is 0 Å². The largest absolute Gasteiger partial charge is 0.0619 e. The number of hydrogen-bond acceptors (Lipinski definition) is 0. The highest BCUT2D eigenvalue weighted by atomic mass is 14.4. The zero-order valence-electron chi connectivity index (χ0n) is 13.9. The first kappa shape index (κ1) is 13.1. The third kappa shape index (κ3) is 1.61. The Labute approximate surface area is 137 Å². The molecule has 0 heteroatoms. The minimum Gasteiger partial charge on any atom is -0.0619 e. The lowest BCUT2D eigenvalue weighted by atomic mass is 9.83. The highest BCUT2D eigenvalue weighted by Gasteiger charge is 2.39. The fourth-order valence-corrected chi connectivity index (χ4v) is 4.31. The van der Waals surface area contributed by atoms with Gasteiger partial charge < -0.3 is 0 Å². The van der Waals surface area contributed by atoms with Gasteiger partial charge in [-0.25, -0.2) is 0 Å². The van der Waals surface area contributed by atoms with Crippen LogP contribution in [-0.2, 0) is 5.41 Å². The summed E-state index contributed by atoms with van der Waals surface area (Å²) in [6, 6.07) is 22.8. The zero-order valence-corrected chi connectivity index (χ0v) is 13.9. The van der Waals surface area contributed by atoms with E-state index in [1.165, 1.54) is 44.5 Å². The van der Waals surface area contributed by atoms with E-state index in [-0.39, 0.29) is 5.41 Å². The highest BCUT2D eigenvalue weighted by Crippen LogP contribution is 2.58.